The second kappa shape index (κ2) is 40.9. The van der Waals surface area contributed by atoms with Crippen molar-refractivity contribution in [3.8, 4) is 0 Å². The number of aliphatic hydroxyl groups is 1. The molecule has 0 aliphatic carbocycles. The van der Waals surface area contributed by atoms with Crippen LogP contribution in [0, 0.1) is 0 Å². The maximum absolute atomic E-state index is 12.1. The number of phosphoric ester groups is 1. The number of carbonyl (C=O) groups is 2. The van der Waals surface area contributed by atoms with Gasteiger partial charge in [0.15, 0.2) is 0 Å². The summed E-state index contributed by atoms with van der Waals surface area (Å²) in [5.74, 6) is -0.519. The summed E-state index contributed by atoms with van der Waals surface area (Å²) in [4.78, 5) is 33.8. The lowest BCUT2D eigenvalue weighted by atomic mass is 10.0. The van der Waals surface area contributed by atoms with Gasteiger partial charge in [0, 0.05) is 19.4 Å². The number of nitrogens with one attached hydrogen (secondary N) is 1. The van der Waals surface area contributed by atoms with Crippen LogP contribution in [0.2, 0.25) is 0 Å². The van der Waals surface area contributed by atoms with E-state index in [-0.39, 0.29) is 32.1 Å². The SMILES string of the molecule is CCCCC/C=C\C/C=C\C/C=C\CCCCCCCCCCCCC(=O)NCCOP(=O)(O)OCC(O)COC(=O)CCCCCCCCCCCC. The molecule has 2 unspecified atom stereocenters. The number of rotatable bonds is 41. The number of phosphoric acid groups is 1. The first kappa shape index (κ1) is 52.2. The summed E-state index contributed by atoms with van der Waals surface area (Å²) in [6.07, 6.45) is 45.1. The number of aliphatic hydroxyl groups excluding tert-OH is 1. The zero-order chi connectivity index (χ0) is 39.6. The van der Waals surface area contributed by atoms with Gasteiger partial charge in [-0.2, -0.15) is 0 Å². The molecule has 0 aromatic rings. The van der Waals surface area contributed by atoms with Crippen LogP contribution in [-0.2, 0) is 27.9 Å². The van der Waals surface area contributed by atoms with Crippen molar-refractivity contribution in [3.63, 3.8) is 0 Å². The highest BCUT2D eigenvalue weighted by Crippen LogP contribution is 2.42. The number of hydrogen-bond donors (Lipinski definition) is 3. The van der Waals surface area contributed by atoms with Crippen molar-refractivity contribution < 1.29 is 37.9 Å². The fraction of sp³-hybridized carbons (Fsp3) is 0.818. The number of hydrogen-bond acceptors (Lipinski definition) is 7. The molecule has 0 rings (SSSR count). The van der Waals surface area contributed by atoms with Crippen molar-refractivity contribution in [2.75, 3.05) is 26.4 Å². The minimum atomic E-state index is -4.41. The minimum absolute atomic E-state index is 0.0802. The van der Waals surface area contributed by atoms with Crippen molar-refractivity contribution >= 4 is 19.7 Å². The van der Waals surface area contributed by atoms with Gasteiger partial charge in [-0.1, -0.05) is 172 Å². The highest BCUT2D eigenvalue weighted by Gasteiger charge is 2.23. The predicted molar refractivity (Wildman–Crippen MR) is 224 cm³/mol. The fourth-order valence-corrected chi connectivity index (χ4v) is 6.73. The van der Waals surface area contributed by atoms with E-state index in [4.69, 9.17) is 13.8 Å². The number of ether oxygens (including phenoxy) is 1. The van der Waals surface area contributed by atoms with E-state index in [0.29, 0.717) is 6.42 Å². The van der Waals surface area contributed by atoms with E-state index in [1.54, 1.807) is 0 Å². The molecule has 10 heteroatoms. The Morgan fingerprint density at radius 2 is 1.00 bits per heavy atom. The Balaban J connectivity index is 3.57. The Labute approximate surface area is 331 Å². The molecule has 0 aromatic heterocycles. The lowest BCUT2D eigenvalue weighted by Gasteiger charge is -2.15. The van der Waals surface area contributed by atoms with E-state index in [1.807, 2.05) is 0 Å². The molecule has 0 saturated carbocycles. The summed E-state index contributed by atoms with van der Waals surface area (Å²) in [5, 5.41) is 12.7. The maximum atomic E-state index is 12.1. The number of amides is 1. The maximum Gasteiger partial charge on any atom is 0.472 e. The lowest BCUT2D eigenvalue weighted by molar-refractivity contribution is -0.147. The Kier molecular flexibility index (Phi) is 39.5. The Morgan fingerprint density at radius 1 is 0.574 bits per heavy atom. The van der Waals surface area contributed by atoms with Crippen molar-refractivity contribution in [1.82, 2.24) is 5.32 Å². The van der Waals surface area contributed by atoms with Crippen LogP contribution >= 0.6 is 7.82 Å². The molecule has 0 aliphatic heterocycles. The van der Waals surface area contributed by atoms with Gasteiger partial charge in [0.25, 0.3) is 0 Å². The molecule has 9 nitrogen and oxygen atoms in total. The quantitative estimate of drug-likeness (QED) is 0.0242. The van der Waals surface area contributed by atoms with Crippen LogP contribution in [0.25, 0.3) is 0 Å². The van der Waals surface area contributed by atoms with Crippen LogP contribution in [0.3, 0.4) is 0 Å². The average molecular weight is 784 g/mol. The first-order chi connectivity index (χ1) is 26.3. The summed E-state index contributed by atoms with van der Waals surface area (Å²) < 4.78 is 26.8. The molecule has 3 N–H and O–H groups in total. The zero-order valence-corrected chi connectivity index (χ0v) is 35.6. The predicted octanol–water partition coefficient (Wildman–Crippen LogP) is 12.2. The average Bonchev–Trinajstić information content (AvgIpc) is 3.16. The minimum Gasteiger partial charge on any atom is -0.463 e. The van der Waals surface area contributed by atoms with Crippen LogP contribution in [0.5, 0.6) is 0 Å². The van der Waals surface area contributed by atoms with Gasteiger partial charge >= 0.3 is 13.8 Å². The summed E-state index contributed by atoms with van der Waals surface area (Å²) >= 11 is 0. The zero-order valence-electron chi connectivity index (χ0n) is 34.7. The lowest BCUT2D eigenvalue weighted by Crippen LogP contribution is -2.27. The molecule has 1 amide bonds. The van der Waals surface area contributed by atoms with Crippen molar-refractivity contribution in [2.24, 2.45) is 0 Å². The van der Waals surface area contributed by atoms with Gasteiger partial charge in [-0.3, -0.25) is 18.6 Å². The summed E-state index contributed by atoms with van der Waals surface area (Å²) in [5.41, 5.74) is 0. The van der Waals surface area contributed by atoms with E-state index >= 15 is 0 Å². The Bertz CT molecular complexity index is 986. The van der Waals surface area contributed by atoms with Crippen LogP contribution in [0.1, 0.15) is 200 Å². The van der Waals surface area contributed by atoms with Crippen LogP contribution < -0.4 is 5.32 Å². The molecule has 54 heavy (non-hydrogen) atoms. The molecule has 0 heterocycles. The molecule has 0 saturated heterocycles. The smallest absolute Gasteiger partial charge is 0.463 e. The number of allylic oxidation sites excluding steroid dienone is 6. The summed E-state index contributed by atoms with van der Waals surface area (Å²) in [6.45, 7) is 3.51. The van der Waals surface area contributed by atoms with Crippen molar-refractivity contribution in [3.05, 3.63) is 36.5 Å². The van der Waals surface area contributed by atoms with E-state index in [0.717, 1.165) is 51.4 Å². The van der Waals surface area contributed by atoms with Gasteiger partial charge in [-0.05, 0) is 51.4 Å². The second-order valence-corrected chi connectivity index (χ2v) is 16.1. The van der Waals surface area contributed by atoms with Crippen molar-refractivity contribution in [1.29, 1.82) is 0 Å². The van der Waals surface area contributed by atoms with E-state index in [2.05, 4.69) is 55.6 Å². The normalized spacial score (nSPS) is 13.6. The number of unbranched alkanes of at least 4 members (excludes halogenated alkanes) is 22. The molecule has 2 atom stereocenters. The Hall–Kier alpha value is -1.77. The summed E-state index contributed by atoms with van der Waals surface area (Å²) in [6, 6.07) is 0. The van der Waals surface area contributed by atoms with Gasteiger partial charge in [0.05, 0.1) is 13.2 Å². The topological polar surface area (TPSA) is 131 Å². The molecule has 0 fully saturated rings. The molecule has 0 bridgehead atoms. The first-order valence-corrected chi connectivity index (χ1v) is 23.5. The largest absolute Gasteiger partial charge is 0.472 e. The molecule has 0 radical (unpaired) electrons. The van der Waals surface area contributed by atoms with E-state index in [1.165, 1.54) is 122 Å². The van der Waals surface area contributed by atoms with Crippen molar-refractivity contribution in [2.45, 2.75) is 206 Å². The molecule has 0 aliphatic rings. The molecule has 0 spiro atoms. The summed E-state index contributed by atoms with van der Waals surface area (Å²) in [7, 11) is -4.41. The van der Waals surface area contributed by atoms with Gasteiger partial charge in [-0.25, -0.2) is 4.57 Å². The second-order valence-electron chi connectivity index (χ2n) is 14.7. The van der Waals surface area contributed by atoms with Crippen LogP contribution in [-0.4, -0.2) is 54.3 Å². The van der Waals surface area contributed by atoms with E-state index < -0.39 is 26.5 Å². The highest BCUT2D eigenvalue weighted by molar-refractivity contribution is 7.47. The first-order valence-electron chi connectivity index (χ1n) is 22.0. The molecule has 0 aromatic carbocycles. The van der Waals surface area contributed by atoms with Gasteiger partial charge in [-0.15, -0.1) is 0 Å². The highest BCUT2D eigenvalue weighted by atomic mass is 31.2. The van der Waals surface area contributed by atoms with Gasteiger partial charge < -0.3 is 20.1 Å². The molecular formula is C44H82NO8P. The van der Waals surface area contributed by atoms with Crippen LogP contribution in [0.4, 0.5) is 0 Å². The van der Waals surface area contributed by atoms with Gasteiger partial charge in [0.1, 0.15) is 12.7 Å². The third-order valence-electron chi connectivity index (χ3n) is 9.32. The fourth-order valence-electron chi connectivity index (χ4n) is 5.98. The third kappa shape index (κ3) is 41.4. The standard InChI is InChI=1S/C44H82NO8P/c1-3-5-7-9-11-13-15-16-17-18-19-20-21-22-23-24-25-26-27-28-30-32-34-36-43(47)45-38-39-52-54(49,50)53-41-42(46)40-51-44(48)37-35-33-31-29-14-12-10-8-6-4-2/h11,13,16-17,19-20,42,46H,3-10,12,14-15,18,21-41H2,1-2H3,(H,45,47)(H,49,50)/b13-11-,17-16-,20-19-. The monoisotopic (exact) mass is 784 g/mol. The third-order valence-corrected chi connectivity index (χ3v) is 10.3. The van der Waals surface area contributed by atoms with E-state index in [9.17, 15) is 24.2 Å². The Morgan fingerprint density at radius 3 is 1.54 bits per heavy atom. The van der Waals surface area contributed by atoms with Crippen LogP contribution in [0.15, 0.2) is 36.5 Å². The number of esters is 1. The number of carbonyl (C=O) groups excluding carboxylic acids is 2. The molecular weight excluding hydrogens is 701 g/mol. The molecule has 316 valence electrons. The van der Waals surface area contributed by atoms with Gasteiger partial charge in [0.2, 0.25) is 5.91 Å².